The minimum Gasteiger partial charge on any atom is -0.396 e. The van der Waals surface area contributed by atoms with E-state index in [2.05, 4.69) is 21.2 Å². The number of hydrogen-bond acceptors (Lipinski definition) is 2. The van der Waals surface area contributed by atoms with Crippen LogP contribution in [0, 0.1) is 0 Å². The van der Waals surface area contributed by atoms with Crippen LogP contribution in [-0.4, -0.2) is 17.3 Å². The molecule has 0 spiro atoms. The van der Waals surface area contributed by atoms with Crippen molar-refractivity contribution in [2.24, 2.45) is 0 Å². The Morgan fingerprint density at radius 3 is 2.33 bits per heavy atom. The largest absolute Gasteiger partial charge is 0.416 e. The average Bonchev–Trinajstić information content (AvgIpc) is 2.19. The molecule has 0 radical (unpaired) electrons. The quantitative estimate of drug-likeness (QED) is 0.875. The lowest BCUT2D eigenvalue weighted by Gasteiger charge is -2.27. The molecule has 1 rings (SSSR count). The molecule has 0 atom stereocenters. The number of alkyl halides is 3. The molecule has 6 heteroatoms. The molecule has 1 aromatic rings. The molecule has 0 aliphatic heterocycles. The third-order valence-corrected chi connectivity index (χ3v) is 3.16. The monoisotopic (exact) mass is 325 g/mol. The lowest BCUT2D eigenvalue weighted by molar-refractivity contribution is -0.137. The van der Waals surface area contributed by atoms with Crippen LogP contribution in [0.2, 0.25) is 0 Å². The van der Waals surface area contributed by atoms with Gasteiger partial charge in [0.25, 0.3) is 0 Å². The fraction of sp³-hybridized carbons (Fsp3) is 0.500. The molecule has 18 heavy (non-hydrogen) atoms. The van der Waals surface area contributed by atoms with Crippen LogP contribution in [0.25, 0.3) is 0 Å². The van der Waals surface area contributed by atoms with E-state index in [0.29, 0.717) is 16.6 Å². The van der Waals surface area contributed by atoms with E-state index < -0.39 is 17.3 Å². The Hall–Kier alpha value is -0.750. The maximum absolute atomic E-state index is 12.5. The second-order valence-electron chi connectivity index (χ2n) is 4.67. The Morgan fingerprint density at radius 2 is 1.89 bits per heavy atom. The standard InChI is InChI=1S/C12H15BrF3NO/c1-11(2,5-6-18)17-10-4-3-8(7-9(10)13)12(14,15)16/h3-4,7,17-18H,5-6H2,1-2H3. The van der Waals surface area contributed by atoms with Gasteiger partial charge in [0, 0.05) is 22.3 Å². The first kappa shape index (κ1) is 15.3. The number of anilines is 1. The Balaban J connectivity index is 2.93. The van der Waals surface area contributed by atoms with Gasteiger partial charge in [-0.05, 0) is 54.4 Å². The van der Waals surface area contributed by atoms with E-state index in [1.807, 2.05) is 13.8 Å². The molecule has 0 bridgehead atoms. The van der Waals surface area contributed by atoms with Crippen molar-refractivity contribution < 1.29 is 18.3 Å². The van der Waals surface area contributed by atoms with E-state index in [1.165, 1.54) is 6.07 Å². The minimum absolute atomic E-state index is 0.0122. The Kier molecular flexibility index (Phi) is 4.66. The SMILES string of the molecule is CC(C)(CCO)Nc1ccc(C(F)(F)F)cc1Br. The molecule has 2 N–H and O–H groups in total. The van der Waals surface area contributed by atoms with Crippen LogP contribution in [0.5, 0.6) is 0 Å². The fourth-order valence-corrected chi connectivity index (χ4v) is 1.98. The van der Waals surface area contributed by atoms with Crippen LogP contribution in [0.1, 0.15) is 25.8 Å². The molecule has 0 saturated heterocycles. The zero-order valence-corrected chi connectivity index (χ0v) is 11.7. The lowest BCUT2D eigenvalue weighted by Crippen LogP contribution is -2.32. The van der Waals surface area contributed by atoms with Crippen molar-refractivity contribution in [2.75, 3.05) is 11.9 Å². The average molecular weight is 326 g/mol. The zero-order valence-electron chi connectivity index (χ0n) is 10.1. The van der Waals surface area contributed by atoms with Gasteiger partial charge in [0.2, 0.25) is 0 Å². The summed E-state index contributed by atoms with van der Waals surface area (Å²) in [4.78, 5) is 0. The number of benzene rings is 1. The van der Waals surface area contributed by atoms with E-state index in [1.54, 1.807) is 0 Å². The predicted molar refractivity (Wildman–Crippen MR) is 68.5 cm³/mol. The van der Waals surface area contributed by atoms with Crippen molar-refractivity contribution in [2.45, 2.75) is 32.0 Å². The molecule has 0 heterocycles. The number of rotatable bonds is 4. The molecule has 0 fully saturated rings. The molecule has 0 unspecified atom stereocenters. The molecule has 0 aromatic heterocycles. The third kappa shape index (κ3) is 4.17. The van der Waals surface area contributed by atoms with Gasteiger partial charge in [-0.3, -0.25) is 0 Å². The number of nitrogens with one attached hydrogen (secondary N) is 1. The van der Waals surface area contributed by atoms with Crippen LogP contribution < -0.4 is 5.32 Å². The van der Waals surface area contributed by atoms with Crippen LogP contribution in [0.3, 0.4) is 0 Å². The van der Waals surface area contributed by atoms with E-state index in [4.69, 9.17) is 5.11 Å². The van der Waals surface area contributed by atoms with Gasteiger partial charge < -0.3 is 10.4 Å². The van der Waals surface area contributed by atoms with Crippen LogP contribution >= 0.6 is 15.9 Å². The highest BCUT2D eigenvalue weighted by molar-refractivity contribution is 9.10. The van der Waals surface area contributed by atoms with Gasteiger partial charge in [-0.2, -0.15) is 13.2 Å². The summed E-state index contributed by atoms with van der Waals surface area (Å²) in [6.45, 7) is 3.75. The van der Waals surface area contributed by atoms with E-state index in [9.17, 15) is 13.2 Å². The highest BCUT2D eigenvalue weighted by Gasteiger charge is 2.31. The molecule has 2 nitrogen and oxygen atoms in total. The van der Waals surface area contributed by atoms with E-state index in [-0.39, 0.29) is 6.61 Å². The van der Waals surface area contributed by atoms with Gasteiger partial charge in [-0.1, -0.05) is 0 Å². The minimum atomic E-state index is -4.35. The summed E-state index contributed by atoms with van der Waals surface area (Å²) in [5, 5.41) is 12.0. The lowest BCUT2D eigenvalue weighted by atomic mass is 10.0. The smallest absolute Gasteiger partial charge is 0.396 e. The molecule has 1 aromatic carbocycles. The zero-order chi connectivity index (χ0) is 14.0. The molecule has 0 aliphatic carbocycles. The summed E-state index contributed by atoms with van der Waals surface area (Å²) < 4.78 is 37.8. The van der Waals surface area contributed by atoms with Crippen LogP contribution in [-0.2, 0) is 6.18 Å². The van der Waals surface area contributed by atoms with Crippen molar-refractivity contribution in [1.29, 1.82) is 0 Å². The fourth-order valence-electron chi connectivity index (χ4n) is 1.50. The summed E-state index contributed by atoms with van der Waals surface area (Å²) >= 11 is 3.12. The Morgan fingerprint density at radius 1 is 1.28 bits per heavy atom. The maximum Gasteiger partial charge on any atom is 0.416 e. The van der Waals surface area contributed by atoms with Crippen LogP contribution in [0.15, 0.2) is 22.7 Å². The van der Waals surface area contributed by atoms with Crippen molar-refractivity contribution in [3.63, 3.8) is 0 Å². The summed E-state index contributed by atoms with van der Waals surface area (Å²) in [5.74, 6) is 0. The molecule has 0 saturated carbocycles. The summed E-state index contributed by atoms with van der Waals surface area (Å²) in [7, 11) is 0. The van der Waals surface area contributed by atoms with Crippen LogP contribution in [0.4, 0.5) is 18.9 Å². The normalized spacial score (nSPS) is 12.6. The molecule has 0 aliphatic rings. The number of aliphatic hydroxyl groups excluding tert-OH is 1. The number of aliphatic hydroxyl groups is 1. The molecular formula is C12H15BrF3NO. The van der Waals surface area contributed by atoms with Gasteiger partial charge >= 0.3 is 6.18 Å². The van der Waals surface area contributed by atoms with Crippen molar-refractivity contribution in [1.82, 2.24) is 0 Å². The highest BCUT2D eigenvalue weighted by Crippen LogP contribution is 2.34. The van der Waals surface area contributed by atoms with E-state index in [0.717, 1.165) is 12.1 Å². The van der Waals surface area contributed by atoms with Crippen molar-refractivity contribution in [3.8, 4) is 0 Å². The topological polar surface area (TPSA) is 32.3 Å². The first-order valence-corrected chi connectivity index (χ1v) is 6.21. The molecule has 102 valence electrons. The maximum atomic E-state index is 12.5. The Bertz CT molecular complexity index is 418. The summed E-state index contributed by atoms with van der Waals surface area (Å²) in [5.41, 5.74) is -0.516. The number of halogens is 4. The number of hydrogen-bond donors (Lipinski definition) is 2. The van der Waals surface area contributed by atoms with Gasteiger partial charge in [0.15, 0.2) is 0 Å². The molecular weight excluding hydrogens is 311 g/mol. The van der Waals surface area contributed by atoms with Crippen molar-refractivity contribution >= 4 is 21.6 Å². The van der Waals surface area contributed by atoms with Gasteiger partial charge in [-0.15, -0.1) is 0 Å². The van der Waals surface area contributed by atoms with Crippen molar-refractivity contribution in [3.05, 3.63) is 28.2 Å². The first-order chi connectivity index (χ1) is 8.15. The predicted octanol–water partition coefficient (Wildman–Crippen LogP) is 4.04. The van der Waals surface area contributed by atoms with Gasteiger partial charge in [0.05, 0.1) is 5.56 Å². The second kappa shape index (κ2) is 5.48. The summed E-state index contributed by atoms with van der Waals surface area (Å²) in [6.07, 6.45) is -3.85. The third-order valence-electron chi connectivity index (χ3n) is 2.51. The van der Waals surface area contributed by atoms with Gasteiger partial charge in [0.1, 0.15) is 0 Å². The molecule has 0 amide bonds. The first-order valence-electron chi connectivity index (χ1n) is 5.41. The second-order valence-corrected chi connectivity index (χ2v) is 5.53. The highest BCUT2D eigenvalue weighted by atomic mass is 79.9. The Labute approximate surface area is 112 Å². The summed E-state index contributed by atoms with van der Waals surface area (Å²) in [6, 6.07) is 3.45. The van der Waals surface area contributed by atoms with E-state index >= 15 is 0 Å². The van der Waals surface area contributed by atoms with Gasteiger partial charge in [-0.25, -0.2) is 0 Å².